The highest BCUT2D eigenvalue weighted by Crippen LogP contribution is 2.58. The van der Waals surface area contributed by atoms with E-state index >= 15 is 0 Å². The lowest BCUT2D eigenvalue weighted by Gasteiger charge is -2.42. The predicted molar refractivity (Wildman–Crippen MR) is 125 cm³/mol. The van der Waals surface area contributed by atoms with Gasteiger partial charge in [0.15, 0.2) is 29.8 Å². The zero-order chi connectivity index (χ0) is 23.0. The fraction of sp³-hybridized carbons (Fsp3) is 0.423. The van der Waals surface area contributed by atoms with Crippen molar-refractivity contribution in [1.82, 2.24) is 4.90 Å². The van der Waals surface area contributed by atoms with Crippen LogP contribution in [0.4, 0.5) is 4.79 Å². The van der Waals surface area contributed by atoms with E-state index in [1.807, 2.05) is 42.5 Å². The molecule has 0 unspecified atom stereocenters. The lowest BCUT2D eigenvalue weighted by atomic mass is 9.65. The quantitative estimate of drug-likeness (QED) is 0.343. The number of alkyl halides is 1. The Balaban J connectivity index is 1.55. The van der Waals surface area contributed by atoms with Gasteiger partial charge in [-0.15, -0.1) is 0 Å². The highest BCUT2D eigenvalue weighted by Gasteiger charge is 2.63. The van der Waals surface area contributed by atoms with E-state index < -0.39 is 12.3 Å². The second-order valence-electron chi connectivity index (χ2n) is 8.78. The van der Waals surface area contributed by atoms with Crippen molar-refractivity contribution in [2.45, 2.75) is 50.0 Å². The van der Waals surface area contributed by atoms with Crippen molar-refractivity contribution in [1.29, 1.82) is 0 Å². The van der Waals surface area contributed by atoms with E-state index in [1.54, 1.807) is 0 Å². The molecule has 0 bridgehead atoms. The van der Waals surface area contributed by atoms with Gasteiger partial charge < -0.3 is 18.9 Å². The summed E-state index contributed by atoms with van der Waals surface area (Å²) in [6, 6.07) is 14.1. The Morgan fingerprint density at radius 2 is 2.03 bits per heavy atom. The molecule has 1 saturated heterocycles. The van der Waals surface area contributed by atoms with Crippen LogP contribution in [0.2, 0.25) is 0 Å². The standard InChI is InChI=1S/C26H28ClNO5/c1-3-18-9-10-19(30-15-17-7-5-4-6-8-17)23-22(18)26-13-14-28(2)21(26)12-11-20(24(26)33-23)32-25(29)31-16-27/h4-12,20-21,24H,3,13-16H2,1-2H3/t20-,21+,24-,26-/m0/s1. The molecule has 1 spiro atoms. The van der Waals surface area contributed by atoms with Gasteiger partial charge in [0.1, 0.15) is 6.61 Å². The van der Waals surface area contributed by atoms with E-state index in [0.29, 0.717) is 12.4 Å². The van der Waals surface area contributed by atoms with Crippen LogP contribution in [0.3, 0.4) is 0 Å². The van der Waals surface area contributed by atoms with Gasteiger partial charge in [-0.1, -0.05) is 61.0 Å². The predicted octanol–water partition coefficient (Wildman–Crippen LogP) is 4.82. The largest absolute Gasteiger partial charge is 0.510 e. The summed E-state index contributed by atoms with van der Waals surface area (Å²) >= 11 is 5.56. The molecule has 2 aromatic rings. The van der Waals surface area contributed by atoms with Crippen LogP contribution in [0.1, 0.15) is 30.0 Å². The first-order valence-electron chi connectivity index (χ1n) is 11.4. The Morgan fingerprint density at radius 1 is 1.21 bits per heavy atom. The molecule has 0 N–H and O–H groups in total. The summed E-state index contributed by atoms with van der Waals surface area (Å²) in [4.78, 5) is 14.5. The SMILES string of the molecule is CCc1ccc(OCc2ccccc2)c2c1[C@]13CCN(C)[C@@H]1C=C[C@H](OC(=O)OCCl)[C@@H]3O2. The summed E-state index contributed by atoms with van der Waals surface area (Å²) in [5.41, 5.74) is 3.17. The van der Waals surface area contributed by atoms with Gasteiger partial charge in [-0.05, 0) is 49.7 Å². The van der Waals surface area contributed by atoms with Gasteiger partial charge >= 0.3 is 6.16 Å². The fourth-order valence-corrected chi connectivity index (χ4v) is 5.75. The number of carbonyl (C=O) groups is 1. The second kappa shape index (κ2) is 8.92. The van der Waals surface area contributed by atoms with Gasteiger partial charge in [0.2, 0.25) is 0 Å². The molecule has 174 valence electrons. The summed E-state index contributed by atoms with van der Waals surface area (Å²) in [5.74, 6) is 1.48. The minimum atomic E-state index is -0.796. The van der Waals surface area contributed by atoms with Crippen LogP contribution in [0.5, 0.6) is 11.5 Å². The van der Waals surface area contributed by atoms with Crippen LogP contribution in [0.15, 0.2) is 54.6 Å². The van der Waals surface area contributed by atoms with Crippen molar-refractivity contribution < 1.29 is 23.7 Å². The molecule has 0 saturated carbocycles. The molecule has 6 nitrogen and oxygen atoms in total. The number of fused-ring (bicyclic) bond motifs is 1. The van der Waals surface area contributed by atoms with Gasteiger partial charge in [-0.2, -0.15) is 0 Å². The smallest absolute Gasteiger partial charge is 0.485 e. The fourth-order valence-electron chi connectivity index (χ4n) is 5.66. The number of likely N-dealkylation sites (N-methyl/N-ethyl adjacent to an activating group) is 1. The normalized spacial score (nSPS) is 27.3. The number of carbonyl (C=O) groups excluding carboxylic acids is 1. The van der Waals surface area contributed by atoms with Crippen LogP contribution >= 0.6 is 11.6 Å². The maximum atomic E-state index is 12.1. The Hall–Kier alpha value is -2.70. The maximum absolute atomic E-state index is 12.1. The van der Waals surface area contributed by atoms with Gasteiger partial charge in [0.25, 0.3) is 0 Å². The van der Waals surface area contributed by atoms with Crippen LogP contribution in [0.25, 0.3) is 0 Å². The third-order valence-corrected chi connectivity index (χ3v) is 7.22. The highest BCUT2D eigenvalue weighted by molar-refractivity contribution is 6.17. The molecule has 2 aromatic carbocycles. The molecule has 1 fully saturated rings. The van der Waals surface area contributed by atoms with E-state index in [9.17, 15) is 4.79 Å². The first-order chi connectivity index (χ1) is 16.1. The molecular weight excluding hydrogens is 442 g/mol. The van der Waals surface area contributed by atoms with Gasteiger partial charge in [0, 0.05) is 11.6 Å². The number of hydrogen-bond donors (Lipinski definition) is 0. The molecule has 4 atom stereocenters. The lowest BCUT2D eigenvalue weighted by Crippen LogP contribution is -2.55. The molecule has 0 radical (unpaired) electrons. The molecular formula is C26H28ClNO5. The molecule has 2 aliphatic heterocycles. The van der Waals surface area contributed by atoms with Crippen LogP contribution in [-0.4, -0.2) is 49.0 Å². The minimum absolute atomic E-state index is 0.141. The second-order valence-corrected chi connectivity index (χ2v) is 9.00. The zero-order valence-corrected chi connectivity index (χ0v) is 19.6. The summed E-state index contributed by atoms with van der Waals surface area (Å²) in [7, 11) is 2.13. The number of ether oxygens (including phenoxy) is 4. The molecule has 33 heavy (non-hydrogen) atoms. The summed E-state index contributed by atoms with van der Waals surface area (Å²) in [6.07, 6.45) is 4.07. The average Bonchev–Trinajstić information content (AvgIpc) is 3.36. The number of likely N-dealkylation sites (tertiary alicyclic amines) is 1. The number of benzene rings is 2. The maximum Gasteiger partial charge on any atom is 0.510 e. The van der Waals surface area contributed by atoms with Crippen molar-refractivity contribution in [2.24, 2.45) is 0 Å². The zero-order valence-electron chi connectivity index (χ0n) is 18.8. The minimum Gasteiger partial charge on any atom is -0.485 e. The molecule has 1 aliphatic carbocycles. The first kappa shape index (κ1) is 22.1. The van der Waals surface area contributed by atoms with Crippen molar-refractivity contribution in [3.05, 3.63) is 71.3 Å². The third-order valence-electron chi connectivity index (χ3n) is 7.11. The Kier molecular flexibility index (Phi) is 5.97. The summed E-state index contributed by atoms with van der Waals surface area (Å²) in [6.45, 7) is 3.52. The summed E-state index contributed by atoms with van der Waals surface area (Å²) < 4.78 is 23.4. The molecule has 7 heteroatoms. The van der Waals surface area contributed by atoms with Gasteiger partial charge in [-0.25, -0.2) is 4.79 Å². The van der Waals surface area contributed by atoms with E-state index in [0.717, 1.165) is 30.7 Å². The van der Waals surface area contributed by atoms with Crippen molar-refractivity contribution in [2.75, 3.05) is 19.7 Å². The summed E-state index contributed by atoms with van der Waals surface area (Å²) in [5, 5.41) is 0. The number of halogens is 1. The molecule has 3 aliphatic rings. The Morgan fingerprint density at radius 3 is 2.79 bits per heavy atom. The van der Waals surface area contributed by atoms with Crippen molar-refractivity contribution in [3.8, 4) is 11.5 Å². The third kappa shape index (κ3) is 3.65. The van der Waals surface area contributed by atoms with Crippen LogP contribution in [-0.2, 0) is 27.9 Å². The molecule has 0 amide bonds. The monoisotopic (exact) mass is 469 g/mol. The van der Waals surface area contributed by atoms with Crippen molar-refractivity contribution in [3.63, 3.8) is 0 Å². The Bertz CT molecular complexity index is 1060. The molecule has 2 heterocycles. The number of nitrogens with zero attached hydrogens (tertiary/aromatic N) is 1. The Labute approximate surface area is 199 Å². The van der Waals surface area contributed by atoms with Crippen LogP contribution < -0.4 is 9.47 Å². The van der Waals surface area contributed by atoms with E-state index in [-0.39, 0.29) is 23.6 Å². The van der Waals surface area contributed by atoms with Crippen molar-refractivity contribution >= 4 is 17.8 Å². The van der Waals surface area contributed by atoms with Gasteiger partial charge in [0.05, 0.1) is 5.41 Å². The lowest BCUT2D eigenvalue weighted by molar-refractivity contribution is -0.0229. The van der Waals surface area contributed by atoms with E-state index in [1.165, 1.54) is 11.1 Å². The topological polar surface area (TPSA) is 57.2 Å². The average molecular weight is 470 g/mol. The first-order valence-corrected chi connectivity index (χ1v) is 11.9. The number of hydrogen-bond acceptors (Lipinski definition) is 6. The molecule has 0 aromatic heterocycles. The van der Waals surface area contributed by atoms with E-state index in [2.05, 4.69) is 31.0 Å². The number of rotatable bonds is 6. The van der Waals surface area contributed by atoms with Crippen LogP contribution in [0, 0.1) is 0 Å². The number of aryl methyl sites for hydroxylation is 1. The highest BCUT2D eigenvalue weighted by atomic mass is 35.5. The van der Waals surface area contributed by atoms with Gasteiger partial charge in [-0.3, -0.25) is 4.90 Å². The molecule has 5 rings (SSSR count). The van der Waals surface area contributed by atoms with E-state index in [4.69, 9.17) is 30.5 Å².